The van der Waals surface area contributed by atoms with Crippen molar-refractivity contribution in [2.45, 2.75) is 0 Å². The summed E-state index contributed by atoms with van der Waals surface area (Å²) >= 11 is 0. The zero-order valence-electron chi connectivity index (χ0n) is 15.0. The molecule has 0 spiro atoms. The van der Waals surface area contributed by atoms with E-state index in [0.717, 1.165) is 27.6 Å². The predicted molar refractivity (Wildman–Crippen MR) is 107 cm³/mol. The minimum Gasteiger partial charge on any atom is -0.464 e. The van der Waals surface area contributed by atoms with E-state index >= 15 is 0 Å². The van der Waals surface area contributed by atoms with Gasteiger partial charge in [0.2, 0.25) is 0 Å². The third kappa shape index (κ3) is 2.58. The number of pyridine rings is 1. The Bertz CT molecular complexity index is 1310. The zero-order chi connectivity index (χ0) is 19.1. The molecule has 0 unspecified atom stereocenters. The van der Waals surface area contributed by atoms with Crippen LogP contribution in [0.25, 0.3) is 44.4 Å². The van der Waals surface area contributed by atoms with E-state index in [1.54, 1.807) is 24.5 Å². The van der Waals surface area contributed by atoms with Crippen molar-refractivity contribution in [3.05, 3.63) is 73.0 Å². The predicted octanol–water partition coefficient (Wildman–Crippen LogP) is 5.29. The normalized spacial score (nSPS) is 11.2. The van der Waals surface area contributed by atoms with Crippen LogP contribution in [0.2, 0.25) is 0 Å². The molecule has 3 heterocycles. The van der Waals surface area contributed by atoms with Crippen molar-refractivity contribution < 1.29 is 8.81 Å². The molecule has 0 fully saturated rings. The first-order chi connectivity index (χ1) is 13.7. The molecule has 6 heteroatoms. The van der Waals surface area contributed by atoms with Gasteiger partial charge in [-0.3, -0.25) is 4.98 Å². The van der Waals surface area contributed by atoms with Crippen molar-refractivity contribution in [2.75, 3.05) is 12.4 Å². The molecule has 5 aromatic rings. The molecule has 0 atom stereocenters. The number of fused-ring (bicyclic) bond motifs is 2. The molecule has 0 aliphatic heterocycles. The topological polar surface area (TPSA) is 63.8 Å². The monoisotopic (exact) mass is 370 g/mol. The molecule has 0 saturated heterocycles. The first kappa shape index (κ1) is 16.4. The van der Waals surface area contributed by atoms with Crippen molar-refractivity contribution in [1.82, 2.24) is 15.0 Å². The van der Waals surface area contributed by atoms with Gasteiger partial charge in [0.25, 0.3) is 0 Å². The highest BCUT2D eigenvalue weighted by Gasteiger charge is 2.14. The summed E-state index contributed by atoms with van der Waals surface area (Å²) in [4.78, 5) is 13.5. The molecule has 0 amide bonds. The van der Waals surface area contributed by atoms with Gasteiger partial charge < -0.3 is 9.73 Å². The zero-order valence-corrected chi connectivity index (χ0v) is 15.0. The molecule has 0 aliphatic carbocycles. The average Bonchev–Trinajstić information content (AvgIpc) is 3.24. The van der Waals surface area contributed by atoms with E-state index in [0.29, 0.717) is 22.6 Å². The molecule has 5 rings (SSSR count). The molecule has 0 bridgehead atoms. The van der Waals surface area contributed by atoms with Crippen molar-refractivity contribution >= 4 is 27.7 Å². The summed E-state index contributed by atoms with van der Waals surface area (Å²) in [6.07, 6.45) is 4.95. The summed E-state index contributed by atoms with van der Waals surface area (Å²) in [5.74, 6) is 1.02. The molecule has 0 radical (unpaired) electrons. The summed E-state index contributed by atoms with van der Waals surface area (Å²) in [5.41, 5.74) is 3.90. The maximum atomic E-state index is 14.0. The van der Waals surface area contributed by atoms with Gasteiger partial charge >= 0.3 is 0 Å². The average molecular weight is 370 g/mol. The van der Waals surface area contributed by atoms with Crippen LogP contribution in [0.4, 0.5) is 10.2 Å². The second-order valence-corrected chi connectivity index (χ2v) is 6.38. The third-order valence-corrected chi connectivity index (χ3v) is 4.73. The lowest BCUT2D eigenvalue weighted by Gasteiger charge is -2.10. The van der Waals surface area contributed by atoms with Gasteiger partial charge in [-0.05, 0) is 48.0 Å². The molecular weight excluding hydrogens is 355 g/mol. The standard InChI is InChI=1S/C22H15FN4O/c1-24-22-17-11-13(15-5-6-18(23)16-8-10-28-20(15)16)4-7-19(17)26-21(27-22)14-3-2-9-25-12-14/h2-12H,1H3,(H,24,26,27). The van der Waals surface area contributed by atoms with E-state index in [1.807, 2.05) is 37.4 Å². The lowest BCUT2D eigenvalue weighted by molar-refractivity contribution is 0.611. The van der Waals surface area contributed by atoms with E-state index in [1.165, 1.54) is 12.3 Å². The Labute approximate surface area is 159 Å². The maximum absolute atomic E-state index is 14.0. The molecule has 5 nitrogen and oxygen atoms in total. The van der Waals surface area contributed by atoms with Crippen LogP contribution in [-0.4, -0.2) is 22.0 Å². The van der Waals surface area contributed by atoms with Gasteiger partial charge in [-0.15, -0.1) is 0 Å². The van der Waals surface area contributed by atoms with Gasteiger partial charge in [0.05, 0.1) is 17.2 Å². The second-order valence-electron chi connectivity index (χ2n) is 6.38. The lowest BCUT2D eigenvalue weighted by Crippen LogP contribution is -1.99. The van der Waals surface area contributed by atoms with Crippen LogP contribution in [0.15, 0.2) is 71.6 Å². The smallest absolute Gasteiger partial charge is 0.163 e. The van der Waals surface area contributed by atoms with Gasteiger partial charge in [-0.1, -0.05) is 6.07 Å². The SMILES string of the molecule is CNc1nc(-c2cccnc2)nc2ccc(-c3ccc(F)c4ccoc34)cc12. The number of hydrogen-bond donors (Lipinski definition) is 1. The fourth-order valence-electron chi connectivity index (χ4n) is 3.37. The van der Waals surface area contributed by atoms with Crippen LogP contribution < -0.4 is 5.32 Å². The summed E-state index contributed by atoms with van der Waals surface area (Å²) < 4.78 is 19.5. The number of nitrogens with one attached hydrogen (secondary N) is 1. The number of nitrogens with zero attached hydrogens (tertiary/aromatic N) is 3. The van der Waals surface area contributed by atoms with E-state index in [4.69, 9.17) is 4.42 Å². The van der Waals surface area contributed by atoms with Crippen molar-refractivity contribution in [1.29, 1.82) is 0 Å². The molecular formula is C22H15FN4O. The van der Waals surface area contributed by atoms with Crippen molar-refractivity contribution in [3.63, 3.8) is 0 Å². The van der Waals surface area contributed by atoms with Gasteiger partial charge in [0.15, 0.2) is 5.82 Å². The number of benzene rings is 2. The number of rotatable bonds is 3. The van der Waals surface area contributed by atoms with Crippen LogP contribution in [0.1, 0.15) is 0 Å². The minimum atomic E-state index is -0.298. The third-order valence-electron chi connectivity index (χ3n) is 4.73. The Morgan fingerprint density at radius 2 is 1.89 bits per heavy atom. The first-order valence-electron chi connectivity index (χ1n) is 8.80. The maximum Gasteiger partial charge on any atom is 0.163 e. The molecule has 3 aromatic heterocycles. The summed E-state index contributed by atoms with van der Waals surface area (Å²) in [7, 11) is 1.82. The summed E-state index contributed by atoms with van der Waals surface area (Å²) in [5, 5.41) is 4.48. The number of anilines is 1. The first-order valence-corrected chi connectivity index (χ1v) is 8.80. The Morgan fingerprint density at radius 1 is 0.964 bits per heavy atom. The number of furan rings is 1. The molecule has 0 aliphatic rings. The molecule has 28 heavy (non-hydrogen) atoms. The van der Waals surface area contributed by atoms with Crippen LogP contribution in [0.3, 0.4) is 0 Å². The highest BCUT2D eigenvalue weighted by atomic mass is 19.1. The van der Waals surface area contributed by atoms with Crippen LogP contribution in [0.5, 0.6) is 0 Å². The minimum absolute atomic E-state index is 0.298. The quantitative estimate of drug-likeness (QED) is 0.468. The molecule has 0 saturated carbocycles. The number of halogens is 1. The highest BCUT2D eigenvalue weighted by molar-refractivity contribution is 5.98. The van der Waals surface area contributed by atoms with E-state index in [2.05, 4.69) is 20.3 Å². The van der Waals surface area contributed by atoms with Crippen LogP contribution in [0, 0.1) is 5.82 Å². The Kier molecular flexibility index (Phi) is 3.76. The fraction of sp³-hybridized carbons (Fsp3) is 0.0455. The molecule has 1 N–H and O–H groups in total. The molecule has 136 valence electrons. The Hall–Kier alpha value is -3.80. The fourth-order valence-corrected chi connectivity index (χ4v) is 3.37. The number of hydrogen-bond acceptors (Lipinski definition) is 5. The van der Waals surface area contributed by atoms with Crippen LogP contribution in [-0.2, 0) is 0 Å². The largest absolute Gasteiger partial charge is 0.464 e. The van der Waals surface area contributed by atoms with Gasteiger partial charge in [-0.25, -0.2) is 14.4 Å². The summed E-state index contributed by atoms with van der Waals surface area (Å²) in [6.45, 7) is 0. The van der Waals surface area contributed by atoms with Crippen molar-refractivity contribution in [2.24, 2.45) is 0 Å². The highest BCUT2D eigenvalue weighted by Crippen LogP contribution is 2.34. The van der Waals surface area contributed by atoms with Crippen LogP contribution >= 0.6 is 0 Å². The Morgan fingerprint density at radius 3 is 2.71 bits per heavy atom. The van der Waals surface area contributed by atoms with E-state index < -0.39 is 0 Å². The number of aromatic nitrogens is 3. The second kappa shape index (κ2) is 6.42. The van der Waals surface area contributed by atoms with Gasteiger partial charge in [0.1, 0.15) is 17.2 Å². The van der Waals surface area contributed by atoms with E-state index in [9.17, 15) is 4.39 Å². The van der Waals surface area contributed by atoms with Gasteiger partial charge in [-0.2, -0.15) is 0 Å². The van der Waals surface area contributed by atoms with E-state index in [-0.39, 0.29) is 5.82 Å². The molecule has 2 aromatic carbocycles. The lowest BCUT2D eigenvalue weighted by atomic mass is 10.0. The Balaban J connectivity index is 1.71. The van der Waals surface area contributed by atoms with Gasteiger partial charge in [0, 0.05) is 36.0 Å². The van der Waals surface area contributed by atoms with Crippen molar-refractivity contribution in [3.8, 4) is 22.5 Å². The summed E-state index contributed by atoms with van der Waals surface area (Å²) in [6, 6.07) is 14.5.